The van der Waals surface area contributed by atoms with Crippen LogP contribution in [0.2, 0.25) is 0 Å². The van der Waals surface area contributed by atoms with Crippen LogP contribution in [-0.4, -0.2) is 27.1 Å². The number of hydrogen-bond donors (Lipinski definition) is 1. The number of nitrogens with one attached hydrogen (secondary N) is 1. The van der Waals surface area contributed by atoms with Crippen LogP contribution >= 0.6 is 22.6 Å². The molecule has 0 saturated heterocycles. The van der Waals surface area contributed by atoms with Crippen molar-refractivity contribution in [2.24, 2.45) is 0 Å². The number of nitrogens with zero attached hydrogens (tertiary/aromatic N) is 1. The van der Waals surface area contributed by atoms with Crippen molar-refractivity contribution >= 4 is 49.9 Å². The molecule has 0 heterocycles. The fourth-order valence-corrected chi connectivity index (χ4v) is 3.37. The minimum atomic E-state index is -3.56. The summed E-state index contributed by atoms with van der Waals surface area (Å²) in [5.41, 5.74) is 3.31. The van der Waals surface area contributed by atoms with Crippen molar-refractivity contribution < 1.29 is 13.2 Å². The maximum atomic E-state index is 12.3. The van der Waals surface area contributed by atoms with Gasteiger partial charge in [0.05, 0.1) is 11.9 Å². The van der Waals surface area contributed by atoms with Crippen LogP contribution < -0.4 is 9.62 Å². The van der Waals surface area contributed by atoms with Crippen LogP contribution in [0.1, 0.15) is 11.1 Å². The molecule has 5 nitrogen and oxygen atoms in total. The lowest BCUT2D eigenvalue weighted by molar-refractivity contribution is -0.114. The van der Waals surface area contributed by atoms with Gasteiger partial charge in [-0.15, -0.1) is 0 Å². The first-order valence-corrected chi connectivity index (χ1v) is 10.2. The van der Waals surface area contributed by atoms with E-state index in [1.165, 1.54) is 0 Å². The van der Waals surface area contributed by atoms with Crippen molar-refractivity contribution in [3.8, 4) is 0 Å². The Morgan fingerprint density at radius 3 is 2.25 bits per heavy atom. The molecule has 0 saturated carbocycles. The number of hydrogen-bond acceptors (Lipinski definition) is 3. The Morgan fingerprint density at radius 2 is 1.71 bits per heavy atom. The van der Waals surface area contributed by atoms with Gasteiger partial charge in [0.15, 0.2) is 0 Å². The summed E-state index contributed by atoms with van der Waals surface area (Å²) >= 11 is 2.14. The van der Waals surface area contributed by atoms with Crippen LogP contribution in [0.25, 0.3) is 0 Å². The third kappa shape index (κ3) is 4.94. The van der Waals surface area contributed by atoms with Gasteiger partial charge in [-0.25, -0.2) is 8.42 Å². The lowest BCUT2D eigenvalue weighted by Gasteiger charge is -2.22. The van der Waals surface area contributed by atoms with E-state index in [1.54, 1.807) is 30.3 Å². The zero-order chi connectivity index (χ0) is 17.9. The van der Waals surface area contributed by atoms with Gasteiger partial charge in [-0.3, -0.25) is 9.10 Å². The molecule has 0 aliphatic heterocycles. The second-order valence-corrected chi connectivity index (χ2v) is 8.75. The van der Waals surface area contributed by atoms with E-state index in [0.717, 1.165) is 25.3 Å². The van der Waals surface area contributed by atoms with E-state index in [1.807, 2.05) is 26.0 Å². The summed E-state index contributed by atoms with van der Waals surface area (Å²) in [6.07, 6.45) is 1.09. The van der Waals surface area contributed by atoms with E-state index >= 15 is 0 Å². The summed E-state index contributed by atoms with van der Waals surface area (Å²) in [5.74, 6) is -0.387. The molecule has 0 aliphatic rings. The van der Waals surface area contributed by atoms with Gasteiger partial charge in [0, 0.05) is 9.26 Å². The highest BCUT2D eigenvalue weighted by Gasteiger charge is 2.20. The van der Waals surface area contributed by atoms with Crippen LogP contribution in [-0.2, 0) is 14.8 Å². The van der Waals surface area contributed by atoms with Gasteiger partial charge < -0.3 is 5.32 Å². The lowest BCUT2D eigenvalue weighted by atomic mass is 10.1. The van der Waals surface area contributed by atoms with Gasteiger partial charge in [-0.05, 0) is 84.0 Å². The average molecular weight is 458 g/mol. The Morgan fingerprint density at radius 1 is 1.08 bits per heavy atom. The summed E-state index contributed by atoms with van der Waals surface area (Å²) in [5, 5.41) is 2.75. The molecule has 7 heteroatoms. The van der Waals surface area contributed by atoms with Crippen molar-refractivity contribution in [1.82, 2.24) is 0 Å². The number of amides is 1. The van der Waals surface area contributed by atoms with Gasteiger partial charge in [-0.1, -0.05) is 6.07 Å². The Kier molecular flexibility index (Phi) is 5.87. The molecule has 0 unspecified atom stereocenters. The van der Waals surface area contributed by atoms with E-state index in [2.05, 4.69) is 27.9 Å². The van der Waals surface area contributed by atoms with Crippen molar-refractivity contribution in [3.63, 3.8) is 0 Å². The summed E-state index contributed by atoms with van der Waals surface area (Å²) in [6.45, 7) is 3.68. The molecule has 0 radical (unpaired) electrons. The van der Waals surface area contributed by atoms with E-state index in [9.17, 15) is 13.2 Å². The fraction of sp³-hybridized carbons (Fsp3) is 0.235. The highest BCUT2D eigenvalue weighted by Crippen LogP contribution is 2.20. The van der Waals surface area contributed by atoms with Crippen LogP contribution in [0, 0.1) is 17.4 Å². The van der Waals surface area contributed by atoms with Gasteiger partial charge in [0.25, 0.3) is 0 Å². The monoisotopic (exact) mass is 458 g/mol. The molecule has 24 heavy (non-hydrogen) atoms. The first-order chi connectivity index (χ1) is 11.2. The second kappa shape index (κ2) is 7.52. The number of sulfonamides is 1. The molecule has 0 aromatic heterocycles. The Bertz CT molecular complexity index is 849. The molecule has 0 aliphatic carbocycles. The smallest absolute Gasteiger partial charge is 0.245 e. The molecule has 0 fully saturated rings. The van der Waals surface area contributed by atoms with E-state index in [-0.39, 0.29) is 12.5 Å². The molecule has 2 rings (SSSR count). The zero-order valence-corrected chi connectivity index (χ0v) is 16.7. The SMILES string of the molecule is Cc1ccc(NC(=O)CN(c2ccc(I)cc2)S(C)(=O)=O)cc1C. The minimum Gasteiger partial charge on any atom is -0.325 e. The van der Waals surface area contributed by atoms with Gasteiger partial charge in [0.2, 0.25) is 15.9 Å². The maximum Gasteiger partial charge on any atom is 0.245 e. The molecular formula is C17H19IN2O3S. The molecule has 2 aromatic carbocycles. The summed E-state index contributed by atoms with van der Waals surface area (Å²) in [4.78, 5) is 12.3. The number of benzene rings is 2. The van der Waals surface area contributed by atoms with Gasteiger partial charge in [-0.2, -0.15) is 0 Å². The first kappa shape index (κ1) is 18.7. The normalized spacial score (nSPS) is 11.2. The molecule has 1 N–H and O–H groups in total. The number of anilines is 2. The first-order valence-electron chi connectivity index (χ1n) is 7.27. The third-order valence-electron chi connectivity index (χ3n) is 3.59. The van der Waals surface area contributed by atoms with Gasteiger partial charge >= 0.3 is 0 Å². The average Bonchev–Trinajstić information content (AvgIpc) is 2.49. The predicted octanol–water partition coefficient (Wildman–Crippen LogP) is 3.31. The van der Waals surface area contributed by atoms with Crippen LogP contribution in [0.3, 0.4) is 0 Å². The Hall–Kier alpha value is -1.61. The molecule has 1 amide bonds. The molecule has 128 valence electrons. The number of rotatable bonds is 5. The van der Waals surface area contributed by atoms with Crippen molar-refractivity contribution in [2.45, 2.75) is 13.8 Å². The van der Waals surface area contributed by atoms with Crippen molar-refractivity contribution in [3.05, 3.63) is 57.2 Å². The highest BCUT2D eigenvalue weighted by atomic mass is 127. The van der Waals surface area contributed by atoms with Crippen LogP contribution in [0.15, 0.2) is 42.5 Å². The summed E-state index contributed by atoms with van der Waals surface area (Å²) < 4.78 is 26.2. The number of carbonyl (C=O) groups excluding carboxylic acids is 1. The number of aryl methyl sites for hydroxylation is 2. The standard InChI is InChI=1S/C17H19IN2O3S/c1-12-4-7-15(10-13(12)2)19-17(21)11-20(24(3,22)23)16-8-5-14(18)6-9-16/h4-10H,11H2,1-3H3,(H,19,21). The van der Waals surface area contributed by atoms with Gasteiger partial charge in [0.1, 0.15) is 6.54 Å². The van der Waals surface area contributed by atoms with E-state index in [4.69, 9.17) is 0 Å². The lowest BCUT2D eigenvalue weighted by Crippen LogP contribution is -2.37. The molecule has 0 bridgehead atoms. The van der Waals surface area contributed by atoms with Crippen molar-refractivity contribution in [2.75, 3.05) is 22.4 Å². The van der Waals surface area contributed by atoms with E-state index < -0.39 is 10.0 Å². The summed E-state index contributed by atoms with van der Waals surface area (Å²) in [6, 6.07) is 12.6. The third-order valence-corrected chi connectivity index (χ3v) is 5.45. The maximum absolute atomic E-state index is 12.3. The largest absolute Gasteiger partial charge is 0.325 e. The molecule has 2 aromatic rings. The molecule has 0 atom stereocenters. The second-order valence-electron chi connectivity index (χ2n) is 5.59. The number of carbonyl (C=O) groups is 1. The Balaban J connectivity index is 2.18. The molecule has 0 spiro atoms. The van der Waals surface area contributed by atoms with Crippen LogP contribution in [0.5, 0.6) is 0 Å². The predicted molar refractivity (Wildman–Crippen MR) is 106 cm³/mol. The van der Waals surface area contributed by atoms with E-state index in [0.29, 0.717) is 11.4 Å². The highest BCUT2D eigenvalue weighted by molar-refractivity contribution is 14.1. The fourth-order valence-electron chi connectivity index (χ4n) is 2.16. The quantitative estimate of drug-likeness (QED) is 0.700. The number of halogens is 1. The molecular weight excluding hydrogens is 439 g/mol. The topological polar surface area (TPSA) is 66.5 Å². The minimum absolute atomic E-state index is 0.271. The Labute approximate surface area is 156 Å². The zero-order valence-electron chi connectivity index (χ0n) is 13.7. The van der Waals surface area contributed by atoms with Crippen LogP contribution in [0.4, 0.5) is 11.4 Å². The summed E-state index contributed by atoms with van der Waals surface area (Å²) in [7, 11) is -3.56. The van der Waals surface area contributed by atoms with Crippen molar-refractivity contribution in [1.29, 1.82) is 0 Å².